The lowest BCUT2D eigenvalue weighted by molar-refractivity contribution is -0.137. The lowest BCUT2D eigenvalue weighted by atomic mass is 10.2. The van der Waals surface area contributed by atoms with Gasteiger partial charge in [-0.3, -0.25) is 4.79 Å². The number of carboxylic acids is 1. The molecule has 0 aliphatic rings. The summed E-state index contributed by atoms with van der Waals surface area (Å²) in [6, 6.07) is 7.88. The van der Waals surface area contributed by atoms with Crippen LogP contribution in [0, 0.1) is 13.8 Å². The first-order chi connectivity index (χ1) is 7.11. The van der Waals surface area contributed by atoms with E-state index in [1.165, 1.54) is 0 Å². The van der Waals surface area contributed by atoms with Crippen LogP contribution in [-0.2, 0) is 11.3 Å². The molecule has 0 radical (unpaired) electrons. The number of aryl methyl sites for hydroxylation is 1. The number of benzene rings is 1. The largest absolute Gasteiger partial charge is 0.480 e. The molecule has 2 rings (SSSR count). The molecule has 0 spiro atoms. The topological polar surface area (TPSA) is 42.2 Å². The van der Waals surface area contributed by atoms with Crippen molar-refractivity contribution in [1.29, 1.82) is 0 Å². The minimum Gasteiger partial charge on any atom is -0.480 e. The summed E-state index contributed by atoms with van der Waals surface area (Å²) >= 11 is 0. The Morgan fingerprint density at radius 1 is 1.33 bits per heavy atom. The van der Waals surface area contributed by atoms with E-state index in [0.717, 1.165) is 22.2 Å². The van der Waals surface area contributed by atoms with Crippen LogP contribution in [0.3, 0.4) is 0 Å². The lowest BCUT2D eigenvalue weighted by Gasteiger charge is -2.03. The standard InChI is InChI=1S/C12H13NO2/c1-8-9(2)13(7-12(14)15)11-6-4-3-5-10(8)11/h3-6H,7H2,1-2H3,(H,14,15). The second-order valence-electron chi connectivity index (χ2n) is 3.71. The summed E-state index contributed by atoms with van der Waals surface area (Å²) < 4.78 is 1.84. The summed E-state index contributed by atoms with van der Waals surface area (Å²) in [5.74, 6) is -0.807. The molecule has 0 saturated heterocycles. The van der Waals surface area contributed by atoms with Crippen LogP contribution in [0.4, 0.5) is 0 Å². The molecule has 1 heterocycles. The number of carboxylic acid groups (broad SMARTS) is 1. The number of fused-ring (bicyclic) bond motifs is 1. The summed E-state index contributed by atoms with van der Waals surface area (Å²) in [6.07, 6.45) is 0. The highest BCUT2D eigenvalue weighted by Gasteiger charge is 2.11. The Kier molecular flexibility index (Phi) is 2.23. The zero-order chi connectivity index (χ0) is 11.0. The summed E-state index contributed by atoms with van der Waals surface area (Å²) in [5, 5.41) is 9.97. The Labute approximate surface area is 87.9 Å². The highest BCUT2D eigenvalue weighted by Crippen LogP contribution is 2.24. The van der Waals surface area contributed by atoms with E-state index >= 15 is 0 Å². The first-order valence-electron chi connectivity index (χ1n) is 4.87. The van der Waals surface area contributed by atoms with E-state index in [0.29, 0.717) is 0 Å². The van der Waals surface area contributed by atoms with Crippen LogP contribution in [-0.4, -0.2) is 15.6 Å². The Morgan fingerprint density at radius 2 is 2.00 bits per heavy atom. The SMILES string of the molecule is Cc1c(C)n(CC(=O)O)c2ccccc12. The zero-order valence-corrected chi connectivity index (χ0v) is 8.82. The van der Waals surface area contributed by atoms with Crippen molar-refractivity contribution < 1.29 is 9.90 Å². The van der Waals surface area contributed by atoms with Crippen molar-refractivity contribution in [3.05, 3.63) is 35.5 Å². The maximum atomic E-state index is 10.8. The fraction of sp³-hybridized carbons (Fsp3) is 0.250. The van der Waals surface area contributed by atoms with Crippen molar-refractivity contribution in [3.63, 3.8) is 0 Å². The Bertz CT molecular complexity index is 526. The van der Waals surface area contributed by atoms with Gasteiger partial charge < -0.3 is 9.67 Å². The van der Waals surface area contributed by atoms with Gasteiger partial charge >= 0.3 is 5.97 Å². The van der Waals surface area contributed by atoms with Gasteiger partial charge in [-0.1, -0.05) is 18.2 Å². The van der Waals surface area contributed by atoms with E-state index in [1.807, 2.05) is 42.7 Å². The molecule has 0 aliphatic heterocycles. The van der Waals surface area contributed by atoms with Crippen LogP contribution in [0.1, 0.15) is 11.3 Å². The predicted molar refractivity (Wildman–Crippen MR) is 59.0 cm³/mol. The molecule has 0 unspecified atom stereocenters. The van der Waals surface area contributed by atoms with Gasteiger partial charge in [0.25, 0.3) is 0 Å². The molecular weight excluding hydrogens is 190 g/mol. The van der Waals surface area contributed by atoms with Gasteiger partial charge in [-0.2, -0.15) is 0 Å². The molecule has 15 heavy (non-hydrogen) atoms. The lowest BCUT2D eigenvalue weighted by Crippen LogP contribution is -2.09. The van der Waals surface area contributed by atoms with Crippen LogP contribution in [0.2, 0.25) is 0 Å². The van der Waals surface area contributed by atoms with Gasteiger partial charge in [0.2, 0.25) is 0 Å². The molecule has 2 aromatic rings. The Balaban J connectivity index is 2.72. The molecule has 1 aromatic heterocycles. The Hall–Kier alpha value is -1.77. The van der Waals surface area contributed by atoms with E-state index in [9.17, 15) is 4.79 Å². The van der Waals surface area contributed by atoms with Crippen molar-refractivity contribution in [3.8, 4) is 0 Å². The van der Waals surface area contributed by atoms with Crippen molar-refractivity contribution >= 4 is 16.9 Å². The van der Waals surface area contributed by atoms with Gasteiger partial charge in [-0.15, -0.1) is 0 Å². The monoisotopic (exact) mass is 203 g/mol. The highest BCUT2D eigenvalue weighted by atomic mass is 16.4. The van der Waals surface area contributed by atoms with Gasteiger partial charge in [0.1, 0.15) is 6.54 Å². The number of aromatic nitrogens is 1. The van der Waals surface area contributed by atoms with Gasteiger partial charge in [0.05, 0.1) is 0 Å². The molecule has 1 aromatic carbocycles. The minimum atomic E-state index is -0.807. The third kappa shape index (κ3) is 1.50. The minimum absolute atomic E-state index is 0.0280. The van der Waals surface area contributed by atoms with E-state index in [4.69, 9.17) is 5.11 Å². The van der Waals surface area contributed by atoms with Gasteiger partial charge in [0, 0.05) is 16.6 Å². The molecule has 0 bridgehead atoms. The fourth-order valence-electron chi connectivity index (χ4n) is 1.94. The molecule has 0 amide bonds. The van der Waals surface area contributed by atoms with E-state index in [2.05, 4.69) is 0 Å². The maximum absolute atomic E-state index is 10.8. The summed E-state index contributed by atoms with van der Waals surface area (Å²) in [6.45, 7) is 4.01. The molecule has 0 fully saturated rings. The number of rotatable bonds is 2. The summed E-state index contributed by atoms with van der Waals surface area (Å²) in [5.41, 5.74) is 3.18. The van der Waals surface area contributed by atoms with E-state index in [1.54, 1.807) is 0 Å². The van der Waals surface area contributed by atoms with Crippen molar-refractivity contribution in [2.45, 2.75) is 20.4 Å². The van der Waals surface area contributed by atoms with Gasteiger partial charge in [0.15, 0.2) is 0 Å². The molecule has 0 aliphatic carbocycles. The second kappa shape index (κ2) is 3.42. The number of carbonyl (C=O) groups is 1. The number of hydrogen-bond acceptors (Lipinski definition) is 1. The molecule has 3 nitrogen and oxygen atoms in total. The van der Waals surface area contributed by atoms with Crippen molar-refractivity contribution in [1.82, 2.24) is 4.57 Å². The molecule has 78 valence electrons. The number of nitrogens with zero attached hydrogens (tertiary/aromatic N) is 1. The van der Waals surface area contributed by atoms with Crippen LogP contribution >= 0.6 is 0 Å². The van der Waals surface area contributed by atoms with Gasteiger partial charge in [-0.25, -0.2) is 0 Å². The van der Waals surface area contributed by atoms with E-state index in [-0.39, 0.29) is 6.54 Å². The normalized spacial score (nSPS) is 10.8. The number of hydrogen-bond donors (Lipinski definition) is 1. The summed E-state index contributed by atoms with van der Waals surface area (Å²) in [7, 11) is 0. The molecular formula is C12H13NO2. The molecule has 3 heteroatoms. The first kappa shape index (κ1) is 9.77. The quantitative estimate of drug-likeness (QED) is 0.814. The average Bonchev–Trinajstić information content (AvgIpc) is 2.44. The third-order valence-electron chi connectivity index (χ3n) is 2.84. The summed E-state index contributed by atoms with van der Waals surface area (Å²) in [4.78, 5) is 10.8. The van der Waals surface area contributed by atoms with Crippen LogP contribution in [0.15, 0.2) is 24.3 Å². The van der Waals surface area contributed by atoms with Crippen molar-refractivity contribution in [2.24, 2.45) is 0 Å². The fourth-order valence-corrected chi connectivity index (χ4v) is 1.94. The van der Waals surface area contributed by atoms with Crippen LogP contribution < -0.4 is 0 Å². The van der Waals surface area contributed by atoms with Gasteiger partial charge in [-0.05, 0) is 25.5 Å². The van der Waals surface area contributed by atoms with Crippen LogP contribution in [0.25, 0.3) is 10.9 Å². The maximum Gasteiger partial charge on any atom is 0.323 e. The smallest absolute Gasteiger partial charge is 0.323 e. The third-order valence-corrected chi connectivity index (χ3v) is 2.84. The first-order valence-corrected chi connectivity index (χ1v) is 4.87. The number of para-hydroxylation sites is 1. The van der Waals surface area contributed by atoms with E-state index < -0.39 is 5.97 Å². The average molecular weight is 203 g/mol. The highest BCUT2D eigenvalue weighted by molar-refractivity contribution is 5.86. The predicted octanol–water partition coefficient (Wildman–Crippen LogP) is 2.34. The molecule has 0 saturated carbocycles. The molecule has 0 atom stereocenters. The zero-order valence-electron chi connectivity index (χ0n) is 8.82. The Morgan fingerprint density at radius 3 is 2.67 bits per heavy atom. The second-order valence-corrected chi connectivity index (χ2v) is 3.71. The van der Waals surface area contributed by atoms with Crippen LogP contribution in [0.5, 0.6) is 0 Å². The van der Waals surface area contributed by atoms with Crippen molar-refractivity contribution in [2.75, 3.05) is 0 Å². The molecule has 1 N–H and O–H groups in total. The number of aliphatic carboxylic acids is 1.